The van der Waals surface area contributed by atoms with Crippen LogP contribution in [-0.4, -0.2) is 37.2 Å². The van der Waals surface area contributed by atoms with Gasteiger partial charge in [0.15, 0.2) is 0 Å². The van der Waals surface area contributed by atoms with Gasteiger partial charge in [-0.25, -0.2) is 4.39 Å². The van der Waals surface area contributed by atoms with Crippen molar-refractivity contribution in [2.24, 2.45) is 0 Å². The molecule has 0 saturated carbocycles. The number of nitrogens with one attached hydrogen (secondary N) is 2. The highest BCUT2D eigenvalue weighted by molar-refractivity contribution is 6.40. The summed E-state index contributed by atoms with van der Waals surface area (Å²) < 4.78 is 19.8. The van der Waals surface area contributed by atoms with E-state index in [1.165, 1.54) is 6.07 Å². The number of morpholine rings is 1. The monoisotopic (exact) mass is 407 g/mol. The van der Waals surface area contributed by atoms with Crippen LogP contribution in [0.5, 0.6) is 0 Å². The summed E-state index contributed by atoms with van der Waals surface area (Å²) >= 11 is 12.3. The molecule has 140 valence electrons. The lowest BCUT2D eigenvalue weighted by molar-refractivity contribution is 0.102. The third kappa shape index (κ3) is 3.60. The predicted molar refractivity (Wildman–Crippen MR) is 106 cm³/mol. The number of aromatic amines is 1. The number of benzene rings is 2. The molecule has 2 N–H and O–H groups in total. The molecule has 5 nitrogen and oxygen atoms in total. The first-order valence-electron chi connectivity index (χ1n) is 8.43. The summed E-state index contributed by atoms with van der Waals surface area (Å²) in [4.78, 5) is 17.5. The van der Waals surface area contributed by atoms with Crippen molar-refractivity contribution in [3.05, 3.63) is 58.0 Å². The zero-order chi connectivity index (χ0) is 19.0. The smallest absolute Gasteiger partial charge is 0.273 e. The van der Waals surface area contributed by atoms with E-state index < -0.39 is 11.7 Å². The van der Waals surface area contributed by atoms with Crippen molar-refractivity contribution in [1.29, 1.82) is 0 Å². The first kappa shape index (κ1) is 18.1. The lowest BCUT2D eigenvalue weighted by Crippen LogP contribution is -2.36. The van der Waals surface area contributed by atoms with Crippen LogP contribution in [0.3, 0.4) is 0 Å². The fourth-order valence-electron chi connectivity index (χ4n) is 3.13. The number of amides is 1. The quantitative estimate of drug-likeness (QED) is 0.661. The number of carbonyl (C=O) groups excluding carboxylic acids is 1. The van der Waals surface area contributed by atoms with Crippen LogP contribution in [0.2, 0.25) is 10.0 Å². The standard InChI is InChI=1S/C19H16Cl2FN3O2/c20-11-1-3-15-13(9-11)17(21)18(24-15)19(26)23-12-2-4-16(14(22)10-12)25-5-7-27-8-6-25/h1-4,9-10,24H,5-8H2,(H,23,26). The number of rotatable bonds is 3. The third-order valence-electron chi connectivity index (χ3n) is 4.48. The van der Waals surface area contributed by atoms with Gasteiger partial charge in [0.25, 0.3) is 5.91 Å². The van der Waals surface area contributed by atoms with Crippen LogP contribution >= 0.6 is 23.2 Å². The summed E-state index contributed by atoms with van der Waals surface area (Å²) in [6.07, 6.45) is 0. The van der Waals surface area contributed by atoms with Gasteiger partial charge in [0, 0.05) is 34.7 Å². The van der Waals surface area contributed by atoms with Crippen molar-refractivity contribution in [1.82, 2.24) is 4.98 Å². The van der Waals surface area contributed by atoms with Crippen LogP contribution in [0.4, 0.5) is 15.8 Å². The van der Waals surface area contributed by atoms with E-state index in [1.807, 2.05) is 4.90 Å². The van der Waals surface area contributed by atoms with E-state index in [9.17, 15) is 9.18 Å². The van der Waals surface area contributed by atoms with E-state index in [0.717, 1.165) is 0 Å². The minimum absolute atomic E-state index is 0.201. The average molecular weight is 408 g/mol. The molecular weight excluding hydrogens is 392 g/mol. The molecule has 0 atom stereocenters. The molecule has 2 heterocycles. The molecule has 0 unspecified atom stereocenters. The average Bonchev–Trinajstić information content (AvgIpc) is 2.99. The van der Waals surface area contributed by atoms with E-state index in [4.69, 9.17) is 27.9 Å². The summed E-state index contributed by atoms with van der Waals surface area (Å²) in [7, 11) is 0. The second kappa shape index (κ2) is 7.38. The van der Waals surface area contributed by atoms with Gasteiger partial charge in [-0.1, -0.05) is 23.2 Å². The van der Waals surface area contributed by atoms with Crippen molar-refractivity contribution >= 4 is 51.4 Å². The first-order valence-corrected chi connectivity index (χ1v) is 9.19. The number of ether oxygens (including phenoxy) is 1. The maximum atomic E-state index is 14.5. The highest BCUT2D eigenvalue weighted by atomic mass is 35.5. The van der Waals surface area contributed by atoms with Gasteiger partial charge in [-0.15, -0.1) is 0 Å². The van der Waals surface area contributed by atoms with Crippen molar-refractivity contribution in [3.8, 4) is 0 Å². The molecule has 0 spiro atoms. The van der Waals surface area contributed by atoms with Crippen molar-refractivity contribution in [2.45, 2.75) is 0 Å². The molecule has 27 heavy (non-hydrogen) atoms. The van der Waals surface area contributed by atoms with Gasteiger partial charge in [-0.2, -0.15) is 0 Å². The number of carbonyl (C=O) groups is 1. The van der Waals surface area contributed by atoms with Gasteiger partial charge in [0.1, 0.15) is 11.5 Å². The second-order valence-electron chi connectivity index (χ2n) is 6.22. The lowest BCUT2D eigenvalue weighted by Gasteiger charge is -2.29. The zero-order valence-electron chi connectivity index (χ0n) is 14.2. The molecule has 8 heteroatoms. The number of H-pyrrole nitrogens is 1. The Labute approximate surface area is 165 Å². The Balaban J connectivity index is 1.56. The molecular formula is C19H16Cl2FN3O2. The Morgan fingerprint density at radius 3 is 2.67 bits per heavy atom. The van der Waals surface area contributed by atoms with Crippen LogP contribution in [0.25, 0.3) is 10.9 Å². The SMILES string of the molecule is O=C(Nc1ccc(N2CCOCC2)c(F)c1)c1[nH]c2ccc(Cl)cc2c1Cl. The molecule has 1 amide bonds. The summed E-state index contributed by atoms with van der Waals surface area (Å²) in [5.74, 6) is -0.852. The maximum absolute atomic E-state index is 14.5. The predicted octanol–water partition coefficient (Wildman–Crippen LogP) is 4.70. The molecule has 1 saturated heterocycles. The Hall–Kier alpha value is -2.28. The Kier molecular flexibility index (Phi) is 4.95. The molecule has 0 aliphatic carbocycles. The molecule has 3 aromatic rings. The largest absolute Gasteiger partial charge is 0.378 e. The highest BCUT2D eigenvalue weighted by Gasteiger charge is 2.19. The van der Waals surface area contributed by atoms with Gasteiger partial charge in [-0.3, -0.25) is 4.79 Å². The number of halogens is 3. The molecule has 1 fully saturated rings. The van der Waals surface area contributed by atoms with Gasteiger partial charge < -0.3 is 19.9 Å². The van der Waals surface area contributed by atoms with Crippen molar-refractivity contribution < 1.29 is 13.9 Å². The number of anilines is 2. The van der Waals surface area contributed by atoms with E-state index in [-0.39, 0.29) is 10.7 Å². The van der Waals surface area contributed by atoms with E-state index in [1.54, 1.807) is 30.3 Å². The highest BCUT2D eigenvalue weighted by Crippen LogP contribution is 2.30. The number of aromatic nitrogens is 1. The molecule has 4 rings (SSSR count). The number of nitrogens with zero attached hydrogens (tertiary/aromatic N) is 1. The summed E-state index contributed by atoms with van der Waals surface area (Å²) in [5.41, 5.74) is 1.74. The fraction of sp³-hybridized carbons (Fsp3) is 0.211. The molecule has 1 aliphatic rings. The zero-order valence-corrected chi connectivity index (χ0v) is 15.7. The Bertz CT molecular complexity index is 1020. The summed E-state index contributed by atoms with van der Waals surface area (Å²) in [6, 6.07) is 9.76. The molecule has 1 aliphatic heterocycles. The van der Waals surface area contributed by atoms with E-state index >= 15 is 0 Å². The molecule has 0 radical (unpaired) electrons. The van der Waals surface area contributed by atoms with Crippen molar-refractivity contribution in [3.63, 3.8) is 0 Å². The fourth-order valence-corrected chi connectivity index (χ4v) is 3.59. The Morgan fingerprint density at radius 2 is 1.93 bits per heavy atom. The third-order valence-corrected chi connectivity index (χ3v) is 5.11. The van der Waals surface area contributed by atoms with Gasteiger partial charge in [-0.05, 0) is 36.4 Å². The molecule has 1 aromatic heterocycles. The van der Waals surface area contributed by atoms with Gasteiger partial charge in [0.05, 0.1) is 23.9 Å². The summed E-state index contributed by atoms with van der Waals surface area (Å²) in [5, 5.41) is 4.13. The van der Waals surface area contributed by atoms with Crippen LogP contribution in [-0.2, 0) is 4.74 Å². The number of hydrogen-bond donors (Lipinski definition) is 2. The van der Waals surface area contributed by atoms with Gasteiger partial charge in [0.2, 0.25) is 0 Å². The van der Waals surface area contributed by atoms with Crippen molar-refractivity contribution in [2.75, 3.05) is 36.5 Å². The van der Waals surface area contributed by atoms with Crippen LogP contribution in [0, 0.1) is 5.82 Å². The van der Waals surface area contributed by atoms with Crippen LogP contribution in [0.1, 0.15) is 10.5 Å². The number of fused-ring (bicyclic) bond motifs is 1. The van der Waals surface area contributed by atoms with E-state index in [0.29, 0.717) is 53.6 Å². The lowest BCUT2D eigenvalue weighted by atomic mass is 10.2. The minimum atomic E-state index is -0.453. The van der Waals surface area contributed by atoms with Crippen LogP contribution in [0.15, 0.2) is 36.4 Å². The van der Waals surface area contributed by atoms with Crippen LogP contribution < -0.4 is 10.2 Å². The topological polar surface area (TPSA) is 57.4 Å². The molecule has 2 aromatic carbocycles. The Morgan fingerprint density at radius 1 is 1.15 bits per heavy atom. The minimum Gasteiger partial charge on any atom is -0.378 e. The second-order valence-corrected chi connectivity index (χ2v) is 7.04. The van der Waals surface area contributed by atoms with E-state index in [2.05, 4.69) is 10.3 Å². The van der Waals surface area contributed by atoms with Gasteiger partial charge >= 0.3 is 0 Å². The normalized spacial score (nSPS) is 14.6. The molecule has 0 bridgehead atoms. The first-order chi connectivity index (χ1) is 13.0. The number of hydrogen-bond acceptors (Lipinski definition) is 3. The maximum Gasteiger partial charge on any atom is 0.273 e. The summed E-state index contributed by atoms with van der Waals surface area (Å²) in [6.45, 7) is 2.41.